The van der Waals surface area contributed by atoms with Gasteiger partial charge in [0.05, 0.1) is 5.92 Å². The van der Waals surface area contributed by atoms with E-state index in [9.17, 15) is 9.59 Å². The van der Waals surface area contributed by atoms with Gasteiger partial charge in [-0.3, -0.25) is 14.5 Å². The fourth-order valence-electron chi connectivity index (χ4n) is 3.41. The number of nitrogens with one attached hydrogen (secondary N) is 1. The molecule has 2 fully saturated rings. The highest BCUT2D eigenvalue weighted by Crippen LogP contribution is 2.31. The number of hydrogen-bond donors (Lipinski definition) is 1. The molecule has 28 heavy (non-hydrogen) atoms. The number of piperidine rings is 1. The summed E-state index contributed by atoms with van der Waals surface area (Å²) < 4.78 is 7.25. The summed E-state index contributed by atoms with van der Waals surface area (Å²) in [6.45, 7) is 1.77. The van der Waals surface area contributed by atoms with Crippen LogP contribution in [-0.2, 0) is 18.4 Å². The molecule has 9 heteroatoms. The van der Waals surface area contributed by atoms with E-state index in [0.29, 0.717) is 23.7 Å². The van der Waals surface area contributed by atoms with Crippen LogP contribution < -0.4 is 10.1 Å². The lowest BCUT2D eigenvalue weighted by atomic mass is 9.97. The van der Waals surface area contributed by atoms with E-state index in [1.807, 2.05) is 0 Å². The largest absolute Gasteiger partial charge is 0.486 e. The Labute approximate surface area is 163 Å². The van der Waals surface area contributed by atoms with Gasteiger partial charge in [-0.1, -0.05) is 6.07 Å². The van der Waals surface area contributed by atoms with Crippen LogP contribution in [0.3, 0.4) is 0 Å². The second kappa shape index (κ2) is 8.05. The summed E-state index contributed by atoms with van der Waals surface area (Å²) in [5.41, 5.74) is 0.456. The van der Waals surface area contributed by atoms with Crippen LogP contribution in [0.25, 0.3) is 0 Å². The number of carbonyl (C=O) groups is 2. The monoisotopic (exact) mass is 384 g/mol. The van der Waals surface area contributed by atoms with Crippen molar-refractivity contribution in [1.29, 1.82) is 0 Å². The van der Waals surface area contributed by atoms with Crippen molar-refractivity contribution in [2.75, 3.05) is 13.1 Å². The fourth-order valence-corrected chi connectivity index (χ4v) is 3.41. The number of nitrogens with zero attached hydrogens (tertiary/aromatic N) is 5. The Bertz CT molecular complexity index is 857. The predicted molar refractivity (Wildman–Crippen MR) is 99.4 cm³/mol. The number of amides is 2. The van der Waals surface area contributed by atoms with Crippen molar-refractivity contribution in [3.63, 3.8) is 0 Å². The first-order valence-corrected chi connectivity index (χ1v) is 9.65. The molecule has 1 aliphatic heterocycles. The highest BCUT2D eigenvalue weighted by molar-refractivity contribution is 6.06. The van der Waals surface area contributed by atoms with E-state index in [1.165, 1.54) is 9.58 Å². The van der Waals surface area contributed by atoms with Crippen molar-refractivity contribution in [2.45, 2.75) is 38.3 Å². The molecule has 0 spiro atoms. The van der Waals surface area contributed by atoms with Crippen LogP contribution in [0, 0.1) is 5.92 Å². The Morgan fingerprint density at radius 1 is 1.32 bits per heavy atom. The second-order valence-corrected chi connectivity index (χ2v) is 7.32. The van der Waals surface area contributed by atoms with Gasteiger partial charge in [-0.05, 0) is 60.9 Å². The van der Waals surface area contributed by atoms with Crippen molar-refractivity contribution >= 4 is 11.8 Å². The number of hydrogen-bond acceptors (Lipinski definition) is 7. The molecule has 0 radical (unpaired) electrons. The van der Waals surface area contributed by atoms with Crippen molar-refractivity contribution in [1.82, 2.24) is 30.4 Å². The molecule has 1 saturated heterocycles. The van der Waals surface area contributed by atoms with Crippen molar-refractivity contribution in [3.8, 4) is 5.75 Å². The van der Waals surface area contributed by atoms with Gasteiger partial charge >= 0.3 is 0 Å². The minimum absolute atomic E-state index is 0.0243. The molecule has 1 N–H and O–H groups in total. The fraction of sp³-hybridized carbons (Fsp3) is 0.526. The third kappa shape index (κ3) is 4.04. The maximum Gasteiger partial charge on any atom is 0.260 e. The number of imide groups is 1. The van der Waals surface area contributed by atoms with Crippen molar-refractivity contribution in [3.05, 3.63) is 35.7 Å². The number of tetrazole rings is 1. The van der Waals surface area contributed by atoms with Crippen LogP contribution in [0.2, 0.25) is 0 Å². The number of ether oxygens (including phenoxy) is 1. The van der Waals surface area contributed by atoms with Crippen LogP contribution in [-0.4, -0.2) is 56.1 Å². The summed E-state index contributed by atoms with van der Waals surface area (Å²) >= 11 is 0. The summed E-state index contributed by atoms with van der Waals surface area (Å²) in [5, 5.41) is 14.5. The second-order valence-electron chi connectivity index (χ2n) is 7.32. The van der Waals surface area contributed by atoms with Gasteiger partial charge < -0.3 is 10.1 Å². The Balaban J connectivity index is 1.47. The Kier molecular flexibility index (Phi) is 5.34. The third-order valence-electron chi connectivity index (χ3n) is 5.17. The number of aryl methyl sites for hydroxylation is 1. The summed E-state index contributed by atoms with van der Waals surface area (Å²) in [5.74, 6) is 0.689. The lowest BCUT2D eigenvalue weighted by Crippen LogP contribution is -2.46. The predicted octanol–water partition coefficient (Wildman–Crippen LogP) is 0.920. The van der Waals surface area contributed by atoms with Crippen LogP contribution in [0.5, 0.6) is 5.75 Å². The van der Waals surface area contributed by atoms with Gasteiger partial charge in [0.1, 0.15) is 12.4 Å². The van der Waals surface area contributed by atoms with Gasteiger partial charge in [0.25, 0.3) is 5.91 Å². The summed E-state index contributed by atoms with van der Waals surface area (Å²) in [4.78, 5) is 27.6. The number of carbonyl (C=O) groups excluding carboxylic acids is 2. The first-order chi connectivity index (χ1) is 13.6. The lowest BCUT2D eigenvalue weighted by molar-refractivity contribution is -0.133. The number of benzene rings is 1. The van der Waals surface area contributed by atoms with Gasteiger partial charge in [-0.15, -0.1) is 5.10 Å². The quantitative estimate of drug-likeness (QED) is 0.739. The molecule has 1 saturated carbocycles. The molecule has 148 valence electrons. The molecule has 4 rings (SSSR count). The molecule has 2 heterocycles. The highest BCUT2D eigenvalue weighted by Gasteiger charge is 2.40. The Morgan fingerprint density at radius 3 is 2.86 bits per heavy atom. The van der Waals surface area contributed by atoms with Gasteiger partial charge in [0, 0.05) is 25.2 Å². The molecule has 2 aliphatic rings. The summed E-state index contributed by atoms with van der Waals surface area (Å²) in [6.07, 6.45) is 3.56. The minimum atomic E-state index is -0.246. The number of rotatable bonds is 6. The van der Waals surface area contributed by atoms with Crippen LogP contribution in [0.4, 0.5) is 0 Å². The van der Waals surface area contributed by atoms with E-state index in [0.717, 1.165) is 32.2 Å². The molecule has 2 aromatic rings. The normalized spacial score (nSPS) is 19.2. The van der Waals surface area contributed by atoms with Gasteiger partial charge in [-0.25, -0.2) is 4.68 Å². The van der Waals surface area contributed by atoms with E-state index in [-0.39, 0.29) is 30.4 Å². The van der Waals surface area contributed by atoms with E-state index in [2.05, 4.69) is 20.8 Å². The average molecular weight is 384 g/mol. The first kappa shape index (κ1) is 18.5. The maximum atomic E-state index is 13.1. The van der Waals surface area contributed by atoms with E-state index >= 15 is 0 Å². The zero-order chi connectivity index (χ0) is 19.5. The van der Waals surface area contributed by atoms with Crippen LogP contribution in [0.15, 0.2) is 24.3 Å². The van der Waals surface area contributed by atoms with Gasteiger partial charge in [-0.2, -0.15) is 0 Å². The molecule has 1 aromatic heterocycles. The van der Waals surface area contributed by atoms with E-state index in [4.69, 9.17) is 4.74 Å². The Hall–Kier alpha value is -2.81. The highest BCUT2D eigenvalue weighted by atomic mass is 16.5. The smallest absolute Gasteiger partial charge is 0.260 e. The molecule has 1 aliphatic carbocycles. The van der Waals surface area contributed by atoms with E-state index < -0.39 is 0 Å². The van der Waals surface area contributed by atoms with Crippen molar-refractivity contribution in [2.24, 2.45) is 13.0 Å². The SMILES string of the molecule is Cn1nnnc1COc1cccc(C(=O)N(C(=O)C2CCCNC2)C2CC2)c1. The van der Waals surface area contributed by atoms with Gasteiger partial charge in [0.2, 0.25) is 5.91 Å². The van der Waals surface area contributed by atoms with Crippen molar-refractivity contribution < 1.29 is 14.3 Å². The minimum Gasteiger partial charge on any atom is -0.486 e. The molecule has 9 nitrogen and oxygen atoms in total. The average Bonchev–Trinajstić information content (AvgIpc) is 3.48. The lowest BCUT2D eigenvalue weighted by Gasteiger charge is -2.28. The molecular formula is C19H24N6O3. The molecule has 1 unspecified atom stereocenters. The zero-order valence-electron chi connectivity index (χ0n) is 15.9. The van der Waals surface area contributed by atoms with Crippen LogP contribution in [0.1, 0.15) is 41.9 Å². The number of aromatic nitrogens is 4. The molecule has 0 bridgehead atoms. The standard InChI is InChI=1S/C19H24N6O3/c1-24-17(21-22-23-24)12-28-16-6-2-4-13(10-16)18(26)25(15-7-8-15)19(27)14-5-3-9-20-11-14/h2,4,6,10,14-15,20H,3,5,7-9,11-12H2,1H3. The summed E-state index contributed by atoms with van der Waals surface area (Å²) in [7, 11) is 1.73. The summed E-state index contributed by atoms with van der Waals surface area (Å²) in [6, 6.07) is 6.95. The zero-order valence-corrected chi connectivity index (χ0v) is 15.9. The molecule has 2 amide bonds. The Morgan fingerprint density at radius 2 is 2.18 bits per heavy atom. The maximum absolute atomic E-state index is 13.1. The topological polar surface area (TPSA) is 102 Å². The van der Waals surface area contributed by atoms with Gasteiger partial charge in [0.15, 0.2) is 5.82 Å². The van der Waals surface area contributed by atoms with E-state index in [1.54, 1.807) is 31.3 Å². The molecular weight excluding hydrogens is 360 g/mol. The first-order valence-electron chi connectivity index (χ1n) is 9.65. The molecule has 1 aromatic carbocycles. The molecule has 1 atom stereocenters. The third-order valence-corrected chi connectivity index (χ3v) is 5.17. The van der Waals surface area contributed by atoms with Crippen LogP contribution >= 0.6 is 0 Å².